The van der Waals surface area contributed by atoms with Crippen molar-refractivity contribution in [1.29, 1.82) is 0 Å². The number of benzene rings is 1. The van der Waals surface area contributed by atoms with Gasteiger partial charge in [-0.05, 0) is 25.0 Å². The minimum Gasteiger partial charge on any atom is -0.434 e. The molecule has 0 atom stereocenters. The van der Waals surface area contributed by atoms with Crippen LogP contribution < -0.4 is 4.74 Å². The van der Waals surface area contributed by atoms with Gasteiger partial charge in [0.2, 0.25) is 0 Å². The van der Waals surface area contributed by atoms with Gasteiger partial charge in [-0.15, -0.1) is 0 Å². The molecule has 1 aromatic carbocycles. The molecule has 1 aliphatic carbocycles. The molecule has 0 spiro atoms. The Bertz CT molecular complexity index is 485. The molecule has 22 heavy (non-hydrogen) atoms. The molecule has 0 saturated heterocycles. The summed E-state index contributed by atoms with van der Waals surface area (Å²) in [6.07, 6.45) is 7.82. The summed E-state index contributed by atoms with van der Waals surface area (Å²) < 4.78 is 29.4. The van der Waals surface area contributed by atoms with Crippen molar-refractivity contribution in [3.63, 3.8) is 0 Å². The predicted octanol–water partition coefficient (Wildman–Crippen LogP) is 4.47. The quantitative estimate of drug-likeness (QED) is 0.821. The van der Waals surface area contributed by atoms with E-state index in [0.717, 1.165) is 25.7 Å². The van der Waals surface area contributed by atoms with Gasteiger partial charge in [0.1, 0.15) is 5.75 Å². The molecule has 0 unspecified atom stereocenters. The zero-order valence-corrected chi connectivity index (χ0v) is 12.9. The molecule has 0 radical (unpaired) electrons. The Morgan fingerprint density at radius 1 is 1.14 bits per heavy atom. The molecule has 1 aromatic rings. The summed E-state index contributed by atoms with van der Waals surface area (Å²) in [5.41, 5.74) is 0.201. The van der Waals surface area contributed by atoms with Crippen molar-refractivity contribution in [2.75, 3.05) is 7.05 Å². The molecule has 1 fully saturated rings. The standard InChI is InChI=1S/C17H23F2NO2/c1-20(13-9-5-3-2-4-6-10-13)16(21)14-11-7-8-12-15(14)22-17(18)19/h7-8,11-13,17H,2-6,9-10H2,1H3. The van der Waals surface area contributed by atoms with E-state index in [1.165, 1.54) is 25.3 Å². The van der Waals surface area contributed by atoms with Crippen molar-refractivity contribution in [1.82, 2.24) is 4.90 Å². The largest absolute Gasteiger partial charge is 0.434 e. The Balaban J connectivity index is 2.12. The van der Waals surface area contributed by atoms with Crippen LogP contribution in [0.3, 0.4) is 0 Å². The van der Waals surface area contributed by atoms with Crippen LogP contribution >= 0.6 is 0 Å². The van der Waals surface area contributed by atoms with Crippen LogP contribution in [0.25, 0.3) is 0 Å². The van der Waals surface area contributed by atoms with Crippen LogP contribution in [-0.4, -0.2) is 30.5 Å². The Kier molecular flexibility index (Phi) is 6.16. The summed E-state index contributed by atoms with van der Waals surface area (Å²) in [5.74, 6) is -0.304. The monoisotopic (exact) mass is 311 g/mol. The van der Waals surface area contributed by atoms with Gasteiger partial charge in [0, 0.05) is 13.1 Å². The molecule has 3 nitrogen and oxygen atoms in total. The van der Waals surface area contributed by atoms with Gasteiger partial charge in [0.15, 0.2) is 0 Å². The SMILES string of the molecule is CN(C(=O)c1ccccc1OC(F)F)C1CCCCCCC1. The van der Waals surface area contributed by atoms with Crippen LogP contribution in [0.1, 0.15) is 55.3 Å². The third-order valence-corrected chi connectivity index (χ3v) is 4.28. The van der Waals surface area contributed by atoms with Gasteiger partial charge in [-0.25, -0.2) is 0 Å². The van der Waals surface area contributed by atoms with Crippen LogP contribution in [0.2, 0.25) is 0 Å². The molecular weight excluding hydrogens is 288 g/mol. The predicted molar refractivity (Wildman–Crippen MR) is 81.3 cm³/mol. The summed E-state index contributed by atoms with van der Waals surface area (Å²) in [6, 6.07) is 6.37. The van der Waals surface area contributed by atoms with Gasteiger partial charge in [-0.2, -0.15) is 8.78 Å². The van der Waals surface area contributed by atoms with Crippen molar-refractivity contribution in [2.24, 2.45) is 0 Å². The average molecular weight is 311 g/mol. The van der Waals surface area contributed by atoms with Gasteiger partial charge in [-0.3, -0.25) is 4.79 Å². The van der Waals surface area contributed by atoms with E-state index in [0.29, 0.717) is 0 Å². The summed E-state index contributed by atoms with van der Waals surface area (Å²) in [6.45, 7) is -2.93. The zero-order chi connectivity index (χ0) is 15.9. The summed E-state index contributed by atoms with van der Waals surface area (Å²) in [4.78, 5) is 14.3. The molecule has 0 N–H and O–H groups in total. The first-order valence-electron chi connectivity index (χ1n) is 7.90. The Labute approximate surface area is 130 Å². The van der Waals surface area contributed by atoms with Crippen molar-refractivity contribution in [3.8, 4) is 5.75 Å². The Morgan fingerprint density at radius 2 is 1.73 bits per heavy atom. The molecule has 0 bridgehead atoms. The molecule has 0 aromatic heterocycles. The maximum Gasteiger partial charge on any atom is 0.387 e. The van der Waals surface area contributed by atoms with Crippen molar-refractivity contribution in [2.45, 2.75) is 57.6 Å². The number of rotatable bonds is 4. The number of halogens is 2. The van der Waals surface area contributed by atoms with Crippen molar-refractivity contribution >= 4 is 5.91 Å². The van der Waals surface area contributed by atoms with Crippen LogP contribution in [0.5, 0.6) is 5.75 Å². The molecule has 1 saturated carbocycles. The minimum absolute atomic E-state index is 0.0554. The highest BCUT2D eigenvalue weighted by atomic mass is 19.3. The maximum atomic E-state index is 12.6. The number of hydrogen-bond acceptors (Lipinski definition) is 2. The lowest BCUT2D eigenvalue weighted by molar-refractivity contribution is -0.0503. The van der Waals surface area contributed by atoms with Crippen LogP contribution in [0.15, 0.2) is 24.3 Å². The van der Waals surface area contributed by atoms with E-state index in [4.69, 9.17) is 0 Å². The number of carbonyl (C=O) groups excluding carboxylic acids is 1. The molecule has 1 aliphatic rings. The highest BCUT2D eigenvalue weighted by Crippen LogP contribution is 2.25. The summed E-state index contributed by atoms with van der Waals surface area (Å²) in [7, 11) is 1.76. The molecule has 0 heterocycles. The van der Waals surface area contributed by atoms with E-state index in [9.17, 15) is 13.6 Å². The second-order valence-corrected chi connectivity index (χ2v) is 5.79. The average Bonchev–Trinajstić information content (AvgIpc) is 2.45. The van der Waals surface area contributed by atoms with Crippen molar-refractivity contribution in [3.05, 3.63) is 29.8 Å². The highest BCUT2D eigenvalue weighted by molar-refractivity contribution is 5.97. The van der Waals surface area contributed by atoms with E-state index < -0.39 is 6.61 Å². The second-order valence-electron chi connectivity index (χ2n) is 5.79. The maximum absolute atomic E-state index is 12.6. The lowest BCUT2D eigenvalue weighted by atomic mass is 9.95. The highest BCUT2D eigenvalue weighted by Gasteiger charge is 2.24. The number of ether oxygens (including phenoxy) is 1. The number of alkyl halides is 2. The number of nitrogens with zero attached hydrogens (tertiary/aromatic N) is 1. The molecule has 0 aliphatic heterocycles. The third kappa shape index (κ3) is 4.42. The number of carbonyl (C=O) groups is 1. The van der Waals surface area contributed by atoms with Gasteiger partial charge in [-0.1, -0.05) is 44.2 Å². The van der Waals surface area contributed by atoms with E-state index >= 15 is 0 Å². The third-order valence-electron chi connectivity index (χ3n) is 4.28. The topological polar surface area (TPSA) is 29.5 Å². The first-order chi connectivity index (χ1) is 10.6. The lowest BCUT2D eigenvalue weighted by Crippen LogP contribution is -2.37. The van der Waals surface area contributed by atoms with E-state index in [1.807, 2.05) is 0 Å². The van der Waals surface area contributed by atoms with Gasteiger partial charge < -0.3 is 9.64 Å². The number of amides is 1. The molecule has 1 amide bonds. The fourth-order valence-electron chi connectivity index (χ4n) is 3.02. The van der Waals surface area contributed by atoms with E-state index in [1.54, 1.807) is 30.1 Å². The second kappa shape index (κ2) is 8.11. The Morgan fingerprint density at radius 3 is 2.36 bits per heavy atom. The lowest BCUT2D eigenvalue weighted by Gasteiger charge is -2.30. The van der Waals surface area contributed by atoms with E-state index in [2.05, 4.69) is 4.74 Å². The summed E-state index contributed by atoms with van der Waals surface area (Å²) >= 11 is 0. The van der Waals surface area contributed by atoms with Gasteiger partial charge in [0.25, 0.3) is 5.91 Å². The van der Waals surface area contributed by atoms with E-state index in [-0.39, 0.29) is 23.3 Å². The van der Waals surface area contributed by atoms with Gasteiger partial charge >= 0.3 is 6.61 Å². The molecule has 122 valence electrons. The number of para-hydroxylation sites is 1. The fourth-order valence-corrected chi connectivity index (χ4v) is 3.02. The van der Waals surface area contributed by atoms with Crippen molar-refractivity contribution < 1.29 is 18.3 Å². The number of hydrogen-bond donors (Lipinski definition) is 0. The normalized spacial score (nSPS) is 16.9. The van der Waals surface area contributed by atoms with Crippen LogP contribution in [0.4, 0.5) is 8.78 Å². The van der Waals surface area contributed by atoms with Crippen LogP contribution in [0, 0.1) is 0 Å². The fraction of sp³-hybridized carbons (Fsp3) is 0.588. The Hall–Kier alpha value is -1.65. The molecule has 5 heteroatoms. The zero-order valence-electron chi connectivity index (χ0n) is 12.9. The van der Waals surface area contributed by atoms with Crippen LogP contribution in [-0.2, 0) is 0 Å². The summed E-state index contributed by atoms with van der Waals surface area (Å²) in [5, 5.41) is 0. The molecular formula is C17H23F2NO2. The first-order valence-corrected chi connectivity index (χ1v) is 7.90. The minimum atomic E-state index is -2.93. The smallest absolute Gasteiger partial charge is 0.387 e. The molecule has 2 rings (SSSR count). The van der Waals surface area contributed by atoms with Gasteiger partial charge in [0.05, 0.1) is 5.56 Å². The first kappa shape index (κ1) is 16.7.